The van der Waals surface area contributed by atoms with Crippen molar-refractivity contribution in [1.29, 1.82) is 0 Å². The van der Waals surface area contributed by atoms with Gasteiger partial charge < -0.3 is 14.7 Å². The zero-order valence-corrected chi connectivity index (χ0v) is 6.40. The molecule has 4 nitrogen and oxygen atoms in total. The highest BCUT2D eigenvalue weighted by Crippen LogP contribution is 2.12. The van der Waals surface area contributed by atoms with Crippen LogP contribution in [0.4, 0.5) is 0 Å². The quantitative estimate of drug-likeness (QED) is 0.457. The van der Waals surface area contributed by atoms with Gasteiger partial charge in [0.25, 0.3) is 0 Å². The molecule has 0 spiro atoms. The van der Waals surface area contributed by atoms with Crippen LogP contribution in [0.5, 0.6) is 11.6 Å². The molecule has 0 aliphatic carbocycles. The maximum atomic E-state index is 10.9. The summed E-state index contributed by atoms with van der Waals surface area (Å²) in [7, 11) is 2.97. The lowest BCUT2D eigenvalue weighted by Crippen LogP contribution is -2.27. The third-order valence-corrected chi connectivity index (χ3v) is 1.30. The molecule has 0 saturated carbocycles. The molecule has 0 amide bonds. The minimum Gasteiger partial charge on any atom is -0.616 e. The van der Waals surface area contributed by atoms with Gasteiger partial charge in [-0.2, -0.15) is 0 Å². The van der Waals surface area contributed by atoms with Crippen LogP contribution in [0.1, 0.15) is 0 Å². The average molecular weight is 155 g/mol. The molecule has 0 aromatic carbocycles. The minimum atomic E-state index is 0.226. The van der Waals surface area contributed by atoms with E-state index in [0.717, 1.165) is 0 Å². The molecule has 0 N–H and O–H groups in total. The van der Waals surface area contributed by atoms with Crippen LogP contribution in [-0.2, 0) is 0 Å². The van der Waals surface area contributed by atoms with E-state index in [1.54, 1.807) is 6.07 Å². The van der Waals surface area contributed by atoms with Gasteiger partial charge >= 0.3 is 5.88 Å². The Morgan fingerprint density at radius 2 is 2.09 bits per heavy atom. The molecule has 0 aliphatic rings. The third kappa shape index (κ3) is 1.52. The Balaban J connectivity index is 3.02. The molecule has 1 aromatic heterocycles. The summed E-state index contributed by atoms with van der Waals surface area (Å²) in [5.41, 5.74) is 0. The summed E-state index contributed by atoms with van der Waals surface area (Å²) in [6.45, 7) is 0. The van der Waals surface area contributed by atoms with Gasteiger partial charge in [-0.3, -0.25) is 0 Å². The Morgan fingerprint density at radius 1 is 1.36 bits per heavy atom. The maximum absolute atomic E-state index is 10.9. The van der Waals surface area contributed by atoms with Crippen molar-refractivity contribution in [2.45, 2.75) is 0 Å². The summed E-state index contributed by atoms with van der Waals surface area (Å²) >= 11 is 0. The SMILES string of the molecule is COc1cc[n+]([O-])c(OC)c1. The normalized spacial score (nSPS) is 9.27. The number of methoxy groups -OCH3 is 2. The Morgan fingerprint density at radius 3 is 2.64 bits per heavy atom. The molecule has 0 unspecified atom stereocenters. The van der Waals surface area contributed by atoms with Crippen molar-refractivity contribution in [2.24, 2.45) is 0 Å². The molecule has 0 bridgehead atoms. The van der Waals surface area contributed by atoms with Crippen LogP contribution in [0.2, 0.25) is 0 Å². The molecule has 1 rings (SSSR count). The molecular weight excluding hydrogens is 146 g/mol. The largest absolute Gasteiger partial charge is 0.616 e. The van der Waals surface area contributed by atoms with Crippen molar-refractivity contribution in [3.05, 3.63) is 23.5 Å². The van der Waals surface area contributed by atoms with Crippen LogP contribution in [0.15, 0.2) is 18.3 Å². The second-order valence-corrected chi connectivity index (χ2v) is 1.93. The molecule has 0 aliphatic heterocycles. The van der Waals surface area contributed by atoms with E-state index in [1.165, 1.54) is 26.5 Å². The number of ether oxygens (including phenoxy) is 2. The highest BCUT2D eigenvalue weighted by Gasteiger charge is 2.05. The Bertz CT molecular complexity index is 249. The predicted octanol–water partition coefficient (Wildman–Crippen LogP) is 0.337. The van der Waals surface area contributed by atoms with E-state index in [0.29, 0.717) is 10.5 Å². The van der Waals surface area contributed by atoms with Crippen molar-refractivity contribution in [2.75, 3.05) is 14.2 Å². The van der Waals surface area contributed by atoms with Gasteiger partial charge in [0, 0.05) is 6.07 Å². The summed E-state index contributed by atoms with van der Waals surface area (Å²) in [5.74, 6) is 0.832. The van der Waals surface area contributed by atoms with Gasteiger partial charge in [-0.05, 0) is 0 Å². The number of hydrogen-bond acceptors (Lipinski definition) is 3. The molecule has 0 fully saturated rings. The van der Waals surface area contributed by atoms with Gasteiger partial charge in [-0.25, -0.2) is 0 Å². The van der Waals surface area contributed by atoms with Crippen molar-refractivity contribution in [1.82, 2.24) is 0 Å². The van der Waals surface area contributed by atoms with Crippen LogP contribution in [0, 0.1) is 5.21 Å². The lowest BCUT2D eigenvalue weighted by Gasteiger charge is -2.03. The maximum Gasteiger partial charge on any atom is 0.382 e. The number of hydrogen-bond donors (Lipinski definition) is 0. The number of aromatic nitrogens is 1. The predicted molar refractivity (Wildman–Crippen MR) is 38.5 cm³/mol. The first kappa shape index (κ1) is 7.65. The lowest BCUT2D eigenvalue weighted by molar-refractivity contribution is -0.612. The molecule has 1 heterocycles. The van der Waals surface area contributed by atoms with Crippen LogP contribution >= 0.6 is 0 Å². The molecule has 0 radical (unpaired) electrons. The van der Waals surface area contributed by atoms with Crippen molar-refractivity contribution < 1.29 is 14.2 Å². The summed E-state index contributed by atoms with van der Waals surface area (Å²) in [4.78, 5) is 0. The zero-order valence-electron chi connectivity index (χ0n) is 6.40. The summed E-state index contributed by atoms with van der Waals surface area (Å²) in [5, 5.41) is 10.9. The molecule has 4 heteroatoms. The first-order chi connectivity index (χ1) is 5.27. The molecule has 1 aromatic rings. The average Bonchev–Trinajstić information content (AvgIpc) is 2.05. The fraction of sp³-hybridized carbons (Fsp3) is 0.286. The van der Waals surface area contributed by atoms with Crippen molar-refractivity contribution in [3.63, 3.8) is 0 Å². The number of rotatable bonds is 2. The summed E-state index contributed by atoms with van der Waals surface area (Å²) in [6, 6.07) is 3.09. The van der Waals surface area contributed by atoms with E-state index < -0.39 is 0 Å². The van der Waals surface area contributed by atoms with Gasteiger partial charge in [0.1, 0.15) is 5.75 Å². The standard InChI is InChI=1S/C7H9NO3/c1-10-6-3-4-8(9)7(5-6)11-2/h3-5H,1-2H3. The first-order valence-electron chi connectivity index (χ1n) is 3.09. The Hall–Kier alpha value is -1.45. The van der Waals surface area contributed by atoms with Crippen LogP contribution in [-0.4, -0.2) is 14.2 Å². The van der Waals surface area contributed by atoms with E-state index in [9.17, 15) is 5.21 Å². The smallest absolute Gasteiger partial charge is 0.382 e. The monoisotopic (exact) mass is 155 g/mol. The lowest BCUT2D eigenvalue weighted by atomic mass is 10.4. The fourth-order valence-corrected chi connectivity index (χ4v) is 0.724. The van der Waals surface area contributed by atoms with E-state index >= 15 is 0 Å². The van der Waals surface area contributed by atoms with Crippen LogP contribution in [0.3, 0.4) is 0 Å². The Labute approximate surface area is 64.6 Å². The molecule has 11 heavy (non-hydrogen) atoms. The number of pyridine rings is 1. The van der Waals surface area contributed by atoms with Crippen LogP contribution in [0.25, 0.3) is 0 Å². The van der Waals surface area contributed by atoms with Gasteiger partial charge in [0.15, 0.2) is 6.20 Å². The van der Waals surface area contributed by atoms with Crippen molar-refractivity contribution >= 4 is 0 Å². The second-order valence-electron chi connectivity index (χ2n) is 1.93. The fourth-order valence-electron chi connectivity index (χ4n) is 0.724. The van der Waals surface area contributed by atoms with Gasteiger partial charge in [-0.15, -0.1) is 4.73 Å². The van der Waals surface area contributed by atoms with E-state index in [1.807, 2.05) is 0 Å². The second kappa shape index (κ2) is 3.09. The van der Waals surface area contributed by atoms with Gasteiger partial charge in [-0.1, -0.05) is 0 Å². The zero-order chi connectivity index (χ0) is 8.27. The molecule has 0 saturated heterocycles. The molecule has 0 atom stereocenters. The third-order valence-electron chi connectivity index (χ3n) is 1.30. The topological polar surface area (TPSA) is 45.4 Å². The highest BCUT2D eigenvalue weighted by molar-refractivity contribution is 5.22. The van der Waals surface area contributed by atoms with Crippen LogP contribution < -0.4 is 14.2 Å². The Kier molecular flexibility index (Phi) is 2.15. The first-order valence-corrected chi connectivity index (χ1v) is 3.09. The summed E-state index contributed by atoms with van der Waals surface area (Å²) < 4.78 is 10.3. The van der Waals surface area contributed by atoms with E-state index in [2.05, 4.69) is 0 Å². The highest BCUT2D eigenvalue weighted by atomic mass is 16.5. The van der Waals surface area contributed by atoms with Gasteiger partial charge in [0.05, 0.1) is 20.3 Å². The molecule has 60 valence electrons. The van der Waals surface area contributed by atoms with Crippen molar-refractivity contribution in [3.8, 4) is 11.6 Å². The molecular formula is C7H9NO3. The summed E-state index contributed by atoms with van der Waals surface area (Å²) in [6.07, 6.45) is 1.33. The van der Waals surface area contributed by atoms with Gasteiger partial charge in [0.2, 0.25) is 0 Å². The van der Waals surface area contributed by atoms with E-state index in [-0.39, 0.29) is 5.88 Å². The minimum absolute atomic E-state index is 0.226. The number of nitrogens with zero attached hydrogens (tertiary/aromatic N) is 1. The van der Waals surface area contributed by atoms with E-state index in [4.69, 9.17) is 9.47 Å².